The first kappa shape index (κ1) is 91.6. The molecule has 0 spiro atoms. The fourth-order valence-electron chi connectivity index (χ4n) is 13.6. The van der Waals surface area contributed by atoms with E-state index in [9.17, 15) is 82.1 Å². The molecule has 0 aliphatic carbocycles. The molecule has 1 unspecified atom stereocenters. The molecule has 41 heteroatoms. The Bertz CT molecular complexity index is 3700. The van der Waals surface area contributed by atoms with Gasteiger partial charge in [0.2, 0.25) is 82.7 Å². The van der Waals surface area contributed by atoms with E-state index in [4.69, 9.17) is 22.9 Å². The second-order valence-electron chi connectivity index (χ2n) is 29.2. The summed E-state index contributed by atoms with van der Waals surface area (Å²) in [5.74, 6) is -12.9. The molecule has 4 aliphatic rings. The van der Waals surface area contributed by atoms with Crippen LogP contribution >= 0.6 is 24.4 Å². The Morgan fingerprint density at radius 2 is 1.05 bits per heavy atom. The number of rotatable bonds is 44. The van der Waals surface area contributed by atoms with E-state index in [1.54, 1.807) is 64.3 Å². The van der Waals surface area contributed by atoms with Gasteiger partial charge in [0, 0.05) is 69.6 Å². The number of imidazole rings is 1. The summed E-state index contributed by atoms with van der Waals surface area (Å²) in [4.78, 5) is 228. The number of hydrogen-bond acceptors (Lipinski definition) is 21. The Hall–Kier alpha value is -10.3. The molecule has 6 rings (SSSR count). The molecule has 4 aliphatic heterocycles. The number of aliphatic hydroxyl groups excluding tert-OH is 1. The van der Waals surface area contributed by atoms with Gasteiger partial charge in [0.15, 0.2) is 11.9 Å². The van der Waals surface area contributed by atoms with Crippen LogP contribution in [0.1, 0.15) is 136 Å². The lowest BCUT2D eigenvalue weighted by molar-refractivity contribution is -0.150. The number of aliphatic carboxylic acids is 1. The average Bonchev–Trinajstić information content (AvgIpc) is 1.72. The van der Waals surface area contributed by atoms with Crippen molar-refractivity contribution in [2.45, 2.75) is 222 Å². The molecule has 4 fully saturated rings. The second kappa shape index (κ2) is 45.4. The molecule has 0 radical (unpaired) electrons. The van der Waals surface area contributed by atoms with Gasteiger partial charge in [-0.25, -0.2) is 9.78 Å². The van der Waals surface area contributed by atoms with Gasteiger partial charge in [0.1, 0.15) is 84.6 Å². The number of hydrogen-bond donors (Lipinski definition) is 19. The van der Waals surface area contributed by atoms with Crippen LogP contribution in [0.15, 0.2) is 52.8 Å². The number of nitrogens with zero attached hydrogens (tertiary/aromatic N) is 6. The summed E-state index contributed by atoms with van der Waals surface area (Å²) in [6, 6.07) is -9.14. The van der Waals surface area contributed by atoms with Crippen molar-refractivity contribution in [1.82, 2.24) is 83.2 Å². The Kier molecular flexibility index (Phi) is 36.8. The largest absolute Gasteiger partial charge is 0.480 e. The Morgan fingerprint density at radius 1 is 0.566 bits per heavy atom. The van der Waals surface area contributed by atoms with Crippen molar-refractivity contribution in [3.63, 3.8) is 0 Å². The highest BCUT2D eigenvalue weighted by molar-refractivity contribution is 7.98. The Labute approximate surface area is 665 Å². The van der Waals surface area contributed by atoms with Gasteiger partial charge in [-0.1, -0.05) is 58.0 Å². The zero-order valence-corrected chi connectivity index (χ0v) is 66.3. The van der Waals surface area contributed by atoms with Crippen LogP contribution in [0.2, 0.25) is 0 Å². The summed E-state index contributed by atoms with van der Waals surface area (Å²) in [5, 5.41) is 49.5. The van der Waals surface area contributed by atoms with Crippen LogP contribution in [-0.4, -0.2) is 277 Å². The third-order valence-electron chi connectivity index (χ3n) is 19.7. The maximum atomic E-state index is 14.8. The molecule has 39 nitrogen and oxygen atoms in total. The normalized spacial score (nSPS) is 19.2. The molecular weight excluding hydrogens is 1510 g/mol. The van der Waals surface area contributed by atoms with Crippen molar-refractivity contribution < 1.29 is 82.1 Å². The number of carboxylic acid groups (broad SMARTS) is 1. The Balaban J connectivity index is 1.10. The SMILES string of the molecule is CSCC[C@@H](NC(=O)[C@@H](CS)NC(=O)[C@@H](CCCN=C(N)N)NC(=O)[C@H](CCCN=C(N)N)NC(=O)C1CCC(=O)N1)C(=O)N1CCC[C@@H]1C(=O)N[C@H](CC(C)C)C(=O)N[C@H](Cc1cnc[nH]1)C(=O)N[C@H](CO)C(=O)N[C@H](C)C(=O)N[C@@H](C(=O)N1CCC[C@@H]1C(=O)N[C@H](Cc1ccccc1)C(=O)N1CCC[C@@H]1C(=O)O)C(C)C. The summed E-state index contributed by atoms with van der Waals surface area (Å²) >= 11 is 5.73. The molecule has 113 heavy (non-hydrogen) atoms. The molecule has 14 atom stereocenters. The minimum atomic E-state index is -1.74. The number of nitrogens with one attached hydrogen (secondary N) is 12. The zero-order chi connectivity index (χ0) is 83.2. The van der Waals surface area contributed by atoms with Crippen LogP contribution in [0.4, 0.5) is 0 Å². The van der Waals surface area contributed by atoms with Crippen molar-refractivity contribution in [3.05, 3.63) is 54.1 Å². The van der Waals surface area contributed by atoms with E-state index in [1.165, 1.54) is 45.9 Å². The van der Waals surface area contributed by atoms with E-state index in [-0.39, 0.29) is 146 Å². The lowest BCUT2D eigenvalue weighted by atomic mass is 10.0. The molecule has 2 aromatic rings. The number of aromatic nitrogens is 2. The van der Waals surface area contributed by atoms with Gasteiger partial charge in [-0.05, 0) is 120 Å². The third-order valence-corrected chi connectivity index (χ3v) is 20.7. The highest BCUT2D eigenvalue weighted by Crippen LogP contribution is 2.25. The number of thioether (sulfide) groups is 1. The van der Waals surface area contributed by atoms with E-state index in [0.29, 0.717) is 36.3 Å². The van der Waals surface area contributed by atoms with Crippen LogP contribution in [0.3, 0.4) is 0 Å². The van der Waals surface area contributed by atoms with Crippen molar-refractivity contribution in [1.29, 1.82) is 0 Å². The molecule has 0 saturated carbocycles. The van der Waals surface area contributed by atoms with Gasteiger partial charge in [-0.3, -0.25) is 77.1 Å². The van der Waals surface area contributed by atoms with Gasteiger partial charge < -0.3 is 111 Å². The maximum Gasteiger partial charge on any atom is 0.326 e. The van der Waals surface area contributed by atoms with E-state index in [1.807, 2.05) is 0 Å². The molecular formula is C72H112N22O17S2. The summed E-state index contributed by atoms with van der Waals surface area (Å²) in [6.45, 7) is 7.63. The van der Waals surface area contributed by atoms with Gasteiger partial charge in [0.05, 0.1) is 12.9 Å². The monoisotopic (exact) mass is 1620 g/mol. The van der Waals surface area contributed by atoms with E-state index in [2.05, 4.69) is 91.1 Å². The summed E-state index contributed by atoms with van der Waals surface area (Å²) in [7, 11) is 0. The fraction of sp³-hybridized carbons (Fsp3) is 0.639. The number of aliphatic imine (C=N–C) groups is 2. The van der Waals surface area contributed by atoms with Gasteiger partial charge in [-0.15, -0.1) is 0 Å². The molecule has 0 bridgehead atoms. The van der Waals surface area contributed by atoms with Crippen LogP contribution in [0.5, 0.6) is 0 Å². The number of aromatic amines is 1. The standard InChI is InChI=1S/C72H112N22O17S2/c1-38(2)31-47(87-65(105)52-19-12-27-92(52)67(107)46(24-30-113-6)85-64(104)51(36-112)90-59(99)44(18-11-26-79-72(75)76)83-58(98)43(17-10-25-78-71(73)74)84-60(100)45-22-23-55(96)82-45)61(101)86-48(33-42-34-77-37-80-42)62(102)89-50(35-95)63(103)81-40(5)57(97)91-56(39(3)4)69(109)93-28-13-20-53(93)66(106)88-49(32-41-15-8-7-9-16-41)68(108)94-29-14-21-54(94)70(110)111/h7-9,15-16,34,37-40,43-54,56,95,112H,10-14,17-33,35-36H2,1-6H3,(H,77,80)(H,81,103)(H,82,96)(H,83,98)(H,84,100)(H,85,104)(H,86,101)(H,87,105)(H,88,106)(H,89,102)(H,90,99)(H,91,97)(H,110,111)(H4,73,74,78)(H4,75,76,79)/t40-,43+,44-,45?,46-,47-,48-,49-,50-,51-,52-,53-,54-,56-/m1/s1. The minimum Gasteiger partial charge on any atom is -0.480 e. The summed E-state index contributed by atoms with van der Waals surface area (Å²) in [5.41, 5.74) is 23.1. The second-order valence-corrected chi connectivity index (χ2v) is 30.5. The van der Waals surface area contributed by atoms with Crippen LogP contribution < -0.4 is 81.4 Å². The first-order valence-corrected chi connectivity index (χ1v) is 40.1. The lowest BCUT2D eigenvalue weighted by Crippen LogP contribution is -2.61. The number of carbonyl (C=O) groups is 15. The number of amides is 14. The molecule has 624 valence electrons. The smallest absolute Gasteiger partial charge is 0.326 e. The van der Waals surface area contributed by atoms with Crippen LogP contribution in [0.25, 0.3) is 0 Å². The highest BCUT2D eigenvalue weighted by atomic mass is 32.2. The Morgan fingerprint density at radius 3 is 1.58 bits per heavy atom. The quantitative estimate of drug-likeness (QED) is 0.0128. The van der Waals surface area contributed by atoms with Gasteiger partial charge in [-0.2, -0.15) is 24.4 Å². The first-order chi connectivity index (χ1) is 53.7. The number of carbonyl (C=O) groups excluding carboxylic acids is 14. The summed E-state index contributed by atoms with van der Waals surface area (Å²) in [6.07, 6.45) is 6.62. The van der Waals surface area contributed by atoms with Gasteiger partial charge >= 0.3 is 5.97 Å². The number of thiol groups is 1. The highest BCUT2D eigenvalue weighted by Gasteiger charge is 2.45. The number of likely N-dealkylation sites (tertiary alicyclic amines) is 3. The topological polar surface area (TPSA) is 596 Å². The molecule has 1 aromatic heterocycles. The molecule has 14 amide bonds. The van der Waals surface area contributed by atoms with Crippen molar-refractivity contribution >= 4 is 125 Å². The van der Waals surface area contributed by atoms with Crippen LogP contribution in [0, 0.1) is 11.8 Å². The third kappa shape index (κ3) is 28.1. The number of benzene rings is 1. The predicted molar refractivity (Wildman–Crippen MR) is 418 cm³/mol. The van der Waals surface area contributed by atoms with E-state index >= 15 is 0 Å². The molecule has 1 aromatic carbocycles. The number of H-pyrrole nitrogens is 1. The molecule has 5 heterocycles. The van der Waals surface area contributed by atoms with Crippen LogP contribution in [-0.2, 0) is 84.8 Å². The lowest BCUT2D eigenvalue weighted by Gasteiger charge is -2.33. The minimum absolute atomic E-state index is 0.00433. The number of nitrogens with two attached hydrogens (primary N) is 4. The van der Waals surface area contributed by atoms with E-state index < -0.39 is 180 Å². The predicted octanol–water partition coefficient (Wildman–Crippen LogP) is -5.12. The zero-order valence-electron chi connectivity index (χ0n) is 64.6. The fourth-order valence-corrected chi connectivity index (χ4v) is 14.4. The molecule has 22 N–H and O–H groups in total. The maximum absolute atomic E-state index is 14.8. The van der Waals surface area contributed by atoms with Crippen molar-refractivity contribution in [2.24, 2.45) is 44.8 Å². The number of guanidine groups is 2. The van der Waals surface area contributed by atoms with Crippen molar-refractivity contribution in [3.8, 4) is 0 Å². The van der Waals surface area contributed by atoms with Gasteiger partial charge in [0.25, 0.3) is 0 Å². The number of carboxylic acids is 1. The first-order valence-electron chi connectivity index (χ1n) is 38.1. The number of aliphatic hydroxyl groups is 1. The van der Waals surface area contributed by atoms with E-state index in [0.717, 1.165) is 0 Å². The average molecular weight is 1620 g/mol. The molecule has 4 saturated heterocycles. The van der Waals surface area contributed by atoms with Crippen molar-refractivity contribution in [2.75, 3.05) is 57.1 Å². The summed E-state index contributed by atoms with van der Waals surface area (Å²) < 4.78 is 0.